The molecule has 0 aliphatic heterocycles. The first kappa shape index (κ1) is 20.5. The Kier molecular flexibility index (Phi) is 5.55. The summed E-state index contributed by atoms with van der Waals surface area (Å²) in [5.41, 5.74) is 4.99. The molecular weight excluding hydrogens is 438 g/mol. The van der Waals surface area contributed by atoms with Crippen LogP contribution < -0.4 is 16.0 Å². The quantitative estimate of drug-likeness (QED) is 0.224. The number of aromatic nitrogens is 2. The second kappa shape index (κ2) is 8.65. The van der Waals surface area contributed by atoms with Crippen LogP contribution in [0.25, 0.3) is 32.8 Å². The minimum absolute atomic E-state index is 0.593. The van der Waals surface area contributed by atoms with Crippen molar-refractivity contribution in [3.05, 3.63) is 77.8 Å². The Morgan fingerprint density at radius 2 is 1.75 bits per heavy atom. The van der Waals surface area contributed by atoms with E-state index in [2.05, 4.69) is 51.8 Å². The number of nitrogens with zero attached hydrogens (tertiary/aromatic N) is 2. The Bertz CT molecular complexity index is 1450. The van der Waals surface area contributed by atoms with Crippen LogP contribution in [0.3, 0.4) is 0 Å². The minimum atomic E-state index is 0.593. The molecule has 0 atom stereocenters. The fourth-order valence-corrected chi connectivity index (χ4v) is 4.45. The zero-order valence-corrected chi connectivity index (χ0v) is 19.1. The molecule has 0 aliphatic carbocycles. The second-order valence-corrected chi connectivity index (χ2v) is 8.44. The molecule has 0 spiro atoms. The van der Waals surface area contributed by atoms with Gasteiger partial charge in [-0.3, -0.25) is 0 Å². The lowest BCUT2D eigenvalue weighted by molar-refractivity contribution is 0.917. The smallest absolute Gasteiger partial charge is 0.170 e. The van der Waals surface area contributed by atoms with Crippen molar-refractivity contribution in [2.75, 3.05) is 23.7 Å². The van der Waals surface area contributed by atoms with Crippen molar-refractivity contribution in [2.24, 2.45) is 7.05 Å². The van der Waals surface area contributed by atoms with Crippen molar-refractivity contribution < 1.29 is 0 Å². The molecule has 7 heteroatoms. The Labute approximate surface area is 196 Å². The molecule has 2 aromatic heterocycles. The van der Waals surface area contributed by atoms with E-state index in [9.17, 15) is 0 Å². The number of thiocarbonyl (C=S) groups is 1. The molecule has 3 N–H and O–H groups in total. The van der Waals surface area contributed by atoms with E-state index in [1.807, 2.05) is 48.5 Å². The van der Waals surface area contributed by atoms with Crippen LogP contribution in [0, 0.1) is 0 Å². The fourth-order valence-electron chi connectivity index (χ4n) is 4.06. The monoisotopic (exact) mass is 459 g/mol. The molecule has 0 radical (unpaired) electrons. The zero-order chi connectivity index (χ0) is 22.1. The number of hydrogen-bond acceptors (Lipinski definition) is 3. The Hall–Kier alpha value is -3.35. The van der Waals surface area contributed by atoms with Crippen molar-refractivity contribution in [3.63, 3.8) is 0 Å². The lowest BCUT2D eigenvalue weighted by Crippen LogP contribution is -2.32. The highest BCUT2D eigenvalue weighted by Gasteiger charge is 2.16. The Morgan fingerprint density at radius 1 is 0.969 bits per heavy atom. The highest BCUT2D eigenvalue weighted by molar-refractivity contribution is 7.80. The largest absolute Gasteiger partial charge is 0.382 e. The van der Waals surface area contributed by atoms with Crippen LogP contribution in [-0.4, -0.2) is 27.8 Å². The number of nitrogens with one attached hydrogen (secondary N) is 3. The van der Waals surface area contributed by atoms with Crippen molar-refractivity contribution in [1.29, 1.82) is 0 Å². The Morgan fingerprint density at radius 3 is 2.59 bits per heavy atom. The molecule has 5 aromatic rings. The van der Waals surface area contributed by atoms with E-state index in [1.165, 1.54) is 0 Å². The van der Waals surface area contributed by atoms with E-state index in [0.29, 0.717) is 23.2 Å². The molecule has 0 saturated carbocycles. The molecule has 0 amide bonds. The van der Waals surface area contributed by atoms with Gasteiger partial charge in [-0.1, -0.05) is 48.0 Å². The van der Waals surface area contributed by atoms with E-state index in [-0.39, 0.29) is 0 Å². The standard InChI is InChI=1S/C25H22ClN5S/c1-31-21-10-6-5-9-18(21)22-23(19-15-16(26)11-12-20(19)30-24(22)31)27-13-14-28-25(32)29-17-7-3-2-4-8-17/h2-12,15H,13-14H2,1H3,(H,27,30)(H2,28,29,32). The summed E-state index contributed by atoms with van der Waals surface area (Å²) >= 11 is 11.8. The predicted octanol–water partition coefficient (Wildman–Crippen LogP) is 5.93. The van der Waals surface area contributed by atoms with Crippen molar-refractivity contribution >= 4 is 73.1 Å². The van der Waals surface area contributed by atoms with E-state index >= 15 is 0 Å². The maximum absolute atomic E-state index is 6.35. The van der Waals surface area contributed by atoms with Crippen LogP contribution in [0.1, 0.15) is 0 Å². The average Bonchev–Trinajstić information content (AvgIpc) is 3.09. The normalized spacial score (nSPS) is 11.2. The number of halogens is 1. The number of benzene rings is 3. The average molecular weight is 460 g/mol. The molecule has 5 nitrogen and oxygen atoms in total. The molecule has 0 bridgehead atoms. The van der Waals surface area contributed by atoms with Crippen LogP contribution in [0.2, 0.25) is 5.02 Å². The van der Waals surface area contributed by atoms with Gasteiger partial charge in [-0.25, -0.2) is 4.98 Å². The first-order chi connectivity index (χ1) is 15.6. The SMILES string of the molecule is Cn1c2ccccc2c2c(NCCNC(=S)Nc3ccccc3)c3cc(Cl)ccc3nc21. The number of aryl methyl sites for hydroxylation is 1. The van der Waals surface area contributed by atoms with Crippen molar-refractivity contribution in [1.82, 2.24) is 14.9 Å². The number of para-hydroxylation sites is 2. The molecule has 0 aliphatic rings. The molecule has 2 heterocycles. The third-order valence-electron chi connectivity index (χ3n) is 5.52. The molecule has 3 aromatic carbocycles. The highest BCUT2D eigenvalue weighted by atomic mass is 35.5. The van der Waals surface area contributed by atoms with Crippen LogP contribution in [0.4, 0.5) is 11.4 Å². The molecule has 5 rings (SSSR count). The van der Waals surface area contributed by atoms with Crippen molar-refractivity contribution in [2.45, 2.75) is 0 Å². The summed E-state index contributed by atoms with van der Waals surface area (Å²) in [5.74, 6) is 0. The van der Waals surface area contributed by atoms with Gasteiger partial charge in [-0.05, 0) is 48.6 Å². The first-order valence-electron chi connectivity index (χ1n) is 10.4. The molecule has 160 valence electrons. The van der Waals surface area contributed by atoms with Gasteiger partial charge in [-0.2, -0.15) is 0 Å². The number of rotatable bonds is 5. The van der Waals surface area contributed by atoms with Gasteiger partial charge in [0.15, 0.2) is 5.11 Å². The maximum atomic E-state index is 6.35. The first-order valence-corrected chi connectivity index (χ1v) is 11.2. The topological polar surface area (TPSA) is 53.9 Å². The molecular formula is C25H22ClN5S. The van der Waals surface area contributed by atoms with E-state index < -0.39 is 0 Å². The van der Waals surface area contributed by atoms with E-state index in [1.54, 1.807) is 0 Å². The maximum Gasteiger partial charge on any atom is 0.170 e. The van der Waals surface area contributed by atoms with Gasteiger partial charge in [0.1, 0.15) is 5.65 Å². The van der Waals surface area contributed by atoms with Crippen LogP contribution in [-0.2, 0) is 7.05 Å². The minimum Gasteiger partial charge on any atom is -0.382 e. The summed E-state index contributed by atoms with van der Waals surface area (Å²) in [6, 6.07) is 24.1. The highest BCUT2D eigenvalue weighted by Crippen LogP contribution is 2.38. The molecule has 32 heavy (non-hydrogen) atoms. The molecule has 0 saturated heterocycles. The predicted molar refractivity (Wildman–Crippen MR) is 140 cm³/mol. The number of hydrogen-bond donors (Lipinski definition) is 3. The Balaban J connectivity index is 1.44. The fraction of sp³-hybridized carbons (Fsp3) is 0.120. The van der Waals surface area contributed by atoms with Gasteiger partial charge < -0.3 is 20.5 Å². The van der Waals surface area contributed by atoms with Crippen LogP contribution in [0.5, 0.6) is 0 Å². The number of pyridine rings is 1. The third-order valence-corrected chi connectivity index (χ3v) is 6.01. The summed E-state index contributed by atoms with van der Waals surface area (Å²) < 4.78 is 2.14. The van der Waals surface area contributed by atoms with Gasteiger partial charge >= 0.3 is 0 Å². The summed E-state index contributed by atoms with van der Waals surface area (Å²) in [6.07, 6.45) is 0. The lowest BCUT2D eigenvalue weighted by atomic mass is 10.1. The summed E-state index contributed by atoms with van der Waals surface area (Å²) in [5, 5.41) is 14.6. The molecule has 0 unspecified atom stereocenters. The van der Waals surface area contributed by atoms with Gasteiger partial charge in [0.25, 0.3) is 0 Å². The zero-order valence-electron chi connectivity index (χ0n) is 17.5. The van der Waals surface area contributed by atoms with Gasteiger partial charge in [0.05, 0.1) is 22.1 Å². The summed E-state index contributed by atoms with van der Waals surface area (Å²) in [4.78, 5) is 4.94. The second-order valence-electron chi connectivity index (χ2n) is 7.60. The van der Waals surface area contributed by atoms with Gasteiger partial charge in [-0.15, -0.1) is 0 Å². The molecule has 0 fully saturated rings. The number of anilines is 2. The van der Waals surface area contributed by atoms with Crippen molar-refractivity contribution in [3.8, 4) is 0 Å². The number of fused-ring (bicyclic) bond motifs is 4. The van der Waals surface area contributed by atoms with Crippen LogP contribution in [0.15, 0.2) is 72.8 Å². The lowest BCUT2D eigenvalue weighted by Gasteiger charge is -2.14. The third kappa shape index (κ3) is 3.83. The van der Waals surface area contributed by atoms with Gasteiger partial charge in [0, 0.05) is 41.6 Å². The van der Waals surface area contributed by atoms with Crippen LogP contribution >= 0.6 is 23.8 Å². The van der Waals surface area contributed by atoms with Gasteiger partial charge in [0.2, 0.25) is 0 Å². The van der Waals surface area contributed by atoms with E-state index in [4.69, 9.17) is 28.8 Å². The summed E-state index contributed by atoms with van der Waals surface area (Å²) in [7, 11) is 2.05. The van der Waals surface area contributed by atoms with E-state index in [0.717, 1.165) is 44.2 Å². The summed E-state index contributed by atoms with van der Waals surface area (Å²) in [6.45, 7) is 1.34.